The number of halogens is 1. The van der Waals surface area contributed by atoms with Crippen LogP contribution < -0.4 is 9.64 Å². The standard InChI is InChI=1S/C29H32FN4O6P/c1-8-27(35)33(6)22-11-20(12-23(15-22)38-7)21-13-24-25(19-9-10-31-26(30)14-19)17-34(28(24)32-16-21)18(2)39-41(36,37)40-29(3,4)5/h8-18H,1H2,2-7H3,(H,36,37). The average molecular weight is 583 g/mol. The first-order chi connectivity index (χ1) is 19.2. The van der Waals surface area contributed by atoms with Crippen LogP contribution in [-0.2, 0) is 18.4 Å². The Kier molecular flexibility index (Phi) is 8.46. The van der Waals surface area contributed by atoms with Crippen LogP contribution in [0.1, 0.15) is 33.9 Å². The Morgan fingerprint density at radius 2 is 1.90 bits per heavy atom. The second-order valence-electron chi connectivity index (χ2n) is 10.3. The topological polar surface area (TPSA) is 116 Å². The smallest absolute Gasteiger partial charge is 0.474 e. The van der Waals surface area contributed by atoms with E-state index in [2.05, 4.69) is 16.5 Å². The lowest BCUT2D eigenvalue weighted by atomic mass is 10.0. The largest absolute Gasteiger partial charge is 0.497 e. The predicted octanol–water partition coefficient (Wildman–Crippen LogP) is 6.51. The van der Waals surface area contributed by atoms with Crippen molar-refractivity contribution >= 4 is 30.5 Å². The van der Waals surface area contributed by atoms with E-state index in [9.17, 15) is 18.6 Å². The van der Waals surface area contributed by atoms with Gasteiger partial charge in [-0.05, 0) is 69.2 Å². The summed E-state index contributed by atoms with van der Waals surface area (Å²) >= 11 is 0. The number of rotatable bonds is 9. The summed E-state index contributed by atoms with van der Waals surface area (Å²) in [6.45, 7) is 10.1. The highest BCUT2D eigenvalue weighted by Gasteiger charge is 2.32. The van der Waals surface area contributed by atoms with Crippen LogP contribution in [-0.4, -0.2) is 45.1 Å². The molecule has 41 heavy (non-hydrogen) atoms. The first-order valence-electron chi connectivity index (χ1n) is 12.7. The molecule has 0 saturated carbocycles. The Hall–Kier alpha value is -3.89. The van der Waals surface area contributed by atoms with Gasteiger partial charge in [-0.25, -0.2) is 14.5 Å². The van der Waals surface area contributed by atoms with Crippen LogP contribution in [0.2, 0.25) is 0 Å². The minimum atomic E-state index is -4.45. The van der Waals surface area contributed by atoms with Crippen LogP contribution in [0.4, 0.5) is 10.1 Å². The summed E-state index contributed by atoms with van der Waals surface area (Å²) in [7, 11) is -1.29. The van der Waals surface area contributed by atoms with Crippen molar-refractivity contribution in [1.29, 1.82) is 0 Å². The van der Waals surface area contributed by atoms with Gasteiger partial charge in [0.2, 0.25) is 11.9 Å². The highest BCUT2D eigenvalue weighted by Crippen LogP contribution is 2.50. The molecule has 216 valence electrons. The number of hydrogen-bond acceptors (Lipinski definition) is 7. The van der Waals surface area contributed by atoms with Gasteiger partial charge in [0.25, 0.3) is 0 Å². The molecule has 1 amide bonds. The molecule has 0 bridgehead atoms. The Morgan fingerprint density at radius 1 is 1.17 bits per heavy atom. The summed E-state index contributed by atoms with van der Waals surface area (Å²) in [4.78, 5) is 32.4. The van der Waals surface area contributed by atoms with Gasteiger partial charge in [-0.3, -0.25) is 13.8 Å². The molecule has 0 spiro atoms. The van der Waals surface area contributed by atoms with Crippen LogP contribution in [0, 0.1) is 5.95 Å². The first-order valence-corrected chi connectivity index (χ1v) is 14.1. The van der Waals surface area contributed by atoms with E-state index >= 15 is 0 Å². The van der Waals surface area contributed by atoms with Gasteiger partial charge in [-0.15, -0.1) is 0 Å². The van der Waals surface area contributed by atoms with Gasteiger partial charge in [0.15, 0.2) is 0 Å². The molecule has 0 radical (unpaired) electrons. The summed E-state index contributed by atoms with van der Waals surface area (Å²) in [5.74, 6) is -0.431. The van der Waals surface area contributed by atoms with Crippen LogP contribution in [0.5, 0.6) is 5.75 Å². The third-order valence-electron chi connectivity index (χ3n) is 6.13. The molecule has 12 heteroatoms. The molecule has 3 aromatic heterocycles. The van der Waals surface area contributed by atoms with Crippen LogP contribution in [0.3, 0.4) is 0 Å². The van der Waals surface area contributed by atoms with Crippen molar-refractivity contribution in [3.8, 4) is 28.0 Å². The molecule has 4 rings (SSSR count). The second-order valence-corrected chi connectivity index (χ2v) is 11.6. The van der Waals surface area contributed by atoms with E-state index in [1.807, 2.05) is 12.1 Å². The maximum atomic E-state index is 14.1. The molecule has 0 aliphatic rings. The predicted molar refractivity (Wildman–Crippen MR) is 155 cm³/mol. The van der Waals surface area contributed by atoms with Crippen molar-refractivity contribution in [1.82, 2.24) is 14.5 Å². The fourth-order valence-corrected chi connectivity index (χ4v) is 5.53. The number of benzene rings is 1. The van der Waals surface area contributed by atoms with Gasteiger partial charge >= 0.3 is 7.82 Å². The monoisotopic (exact) mass is 582 g/mol. The summed E-state index contributed by atoms with van der Waals surface area (Å²) in [5.41, 5.74) is 2.59. The first kappa shape index (κ1) is 30.1. The lowest BCUT2D eigenvalue weighted by molar-refractivity contribution is -0.113. The highest BCUT2D eigenvalue weighted by molar-refractivity contribution is 7.47. The third-order valence-corrected chi connectivity index (χ3v) is 7.48. The Balaban J connectivity index is 1.87. The van der Waals surface area contributed by atoms with E-state index in [4.69, 9.17) is 13.8 Å². The van der Waals surface area contributed by atoms with Crippen molar-refractivity contribution in [3.05, 3.63) is 73.6 Å². The maximum Gasteiger partial charge on any atom is 0.474 e. The molecule has 2 unspecified atom stereocenters. The number of nitrogens with zero attached hydrogens (tertiary/aromatic N) is 4. The lowest BCUT2D eigenvalue weighted by Crippen LogP contribution is -2.23. The summed E-state index contributed by atoms with van der Waals surface area (Å²) in [6, 6.07) is 10.1. The number of ether oxygens (including phenoxy) is 1. The molecule has 4 aromatic rings. The minimum absolute atomic E-state index is 0.289. The highest BCUT2D eigenvalue weighted by atomic mass is 31.2. The van der Waals surface area contributed by atoms with Gasteiger partial charge in [0.1, 0.15) is 17.6 Å². The van der Waals surface area contributed by atoms with Crippen LogP contribution in [0.15, 0.2) is 67.6 Å². The lowest BCUT2D eigenvalue weighted by Gasteiger charge is -2.25. The molecule has 0 aliphatic carbocycles. The van der Waals surface area contributed by atoms with Gasteiger partial charge in [0, 0.05) is 60.0 Å². The number of phosphoric ester groups is 1. The number of methoxy groups -OCH3 is 1. The maximum absolute atomic E-state index is 14.1. The molecule has 0 fully saturated rings. The van der Waals surface area contributed by atoms with Gasteiger partial charge in [-0.2, -0.15) is 4.39 Å². The van der Waals surface area contributed by atoms with Crippen molar-refractivity contribution in [2.45, 2.75) is 39.5 Å². The second kappa shape index (κ2) is 11.5. The number of carbonyl (C=O) groups is 1. The summed E-state index contributed by atoms with van der Waals surface area (Å²) in [5, 5.41) is 0.618. The Morgan fingerprint density at radius 3 is 2.54 bits per heavy atom. The molecule has 3 heterocycles. The average Bonchev–Trinajstić information content (AvgIpc) is 3.29. The zero-order valence-corrected chi connectivity index (χ0v) is 24.6. The minimum Gasteiger partial charge on any atom is -0.497 e. The van der Waals surface area contributed by atoms with Crippen molar-refractivity contribution in [3.63, 3.8) is 0 Å². The zero-order chi connectivity index (χ0) is 30.1. The number of phosphoric acid groups is 1. The van der Waals surface area contributed by atoms with E-state index in [1.165, 1.54) is 30.3 Å². The van der Waals surface area contributed by atoms with E-state index in [0.29, 0.717) is 44.7 Å². The van der Waals surface area contributed by atoms with Crippen molar-refractivity contribution in [2.75, 3.05) is 19.1 Å². The Bertz CT molecular complexity index is 1670. The molecular weight excluding hydrogens is 550 g/mol. The van der Waals surface area contributed by atoms with Crippen LogP contribution in [0.25, 0.3) is 33.3 Å². The third kappa shape index (κ3) is 6.89. The molecule has 1 N–H and O–H groups in total. The molecule has 0 aliphatic heterocycles. The number of hydrogen-bond donors (Lipinski definition) is 1. The number of pyridine rings is 2. The fraction of sp³-hybridized carbons (Fsp3) is 0.276. The van der Waals surface area contributed by atoms with Gasteiger partial charge in [-0.1, -0.05) is 6.58 Å². The van der Waals surface area contributed by atoms with Gasteiger partial charge in [0.05, 0.1) is 12.7 Å². The summed E-state index contributed by atoms with van der Waals surface area (Å²) in [6.07, 6.45) is 4.89. The number of aromatic nitrogens is 3. The number of amides is 1. The SMILES string of the molecule is C=CC(=O)N(C)c1cc(OC)cc(-c2cnc3c(c2)c(-c2ccnc(F)c2)cn3C(C)OP(=O)(O)OC(C)(C)C)c1. The Labute approximate surface area is 237 Å². The van der Waals surface area contributed by atoms with E-state index in [-0.39, 0.29) is 5.91 Å². The van der Waals surface area contributed by atoms with Crippen LogP contribution >= 0.6 is 7.82 Å². The van der Waals surface area contributed by atoms with E-state index in [1.54, 1.807) is 69.9 Å². The number of fused-ring (bicyclic) bond motifs is 1. The van der Waals surface area contributed by atoms with Gasteiger partial charge < -0.3 is 19.1 Å². The van der Waals surface area contributed by atoms with Crippen molar-refractivity contribution < 1.29 is 32.4 Å². The van der Waals surface area contributed by atoms with Crippen molar-refractivity contribution in [2.24, 2.45) is 0 Å². The number of likely N-dealkylation sites (N-methyl/N-ethyl adjacent to an activating group) is 1. The molecule has 2 atom stereocenters. The molecular formula is C29H32FN4O6P. The zero-order valence-electron chi connectivity index (χ0n) is 23.7. The molecule has 0 saturated heterocycles. The number of carbonyl (C=O) groups excluding carboxylic acids is 1. The quantitative estimate of drug-likeness (QED) is 0.135. The normalized spacial score (nSPS) is 14.0. The number of anilines is 1. The molecule has 1 aromatic carbocycles. The van der Waals surface area contributed by atoms with E-state index < -0.39 is 25.6 Å². The molecule has 10 nitrogen and oxygen atoms in total. The summed E-state index contributed by atoms with van der Waals surface area (Å²) < 4.78 is 44.6. The van der Waals surface area contributed by atoms with E-state index in [0.717, 1.165) is 0 Å². The fourth-order valence-electron chi connectivity index (χ4n) is 4.30.